The van der Waals surface area contributed by atoms with Gasteiger partial charge in [0, 0.05) is 12.0 Å². The fraction of sp³-hybridized carbons (Fsp3) is 0.286. The maximum Gasteiger partial charge on any atom is 0.308 e. The van der Waals surface area contributed by atoms with Gasteiger partial charge in [-0.3, -0.25) is 4.79 Å². The van der Waals surface area contributed by atoms with Gasteiger partial charge in [-0.15, -0.1) is 11.3 Å². The van der Waals surface area contributed by atoms with E-state index in [0.717, 1.165) is 10.8 Å². The molecule has 0 aliphatic rings. The Hall–Kier alpha value is -1.92. The number of hydrogen-bond acceptors (Lipinski definition) is 5. The number of carboxylic acids is 1. The lowest BCUT2D eigenvalue weighted by Crippen LogP contribution is -2.02. The Balaban J connectivity index is 2.06. The Bertz CT molecular complexity index is 568. The average Bonchev–Trinajstić information content (AvgIpc) is 2.80. The fourth-order valence-electron chi connectivity index (χ4n) is 1.69. The summed E-state index contributed by atoms with van der Waals surface area (Å²) in [5.41, 5.74) is 0.673. The number of carbonyl (C=O) groups is 1. The first-order chi connectivity index (χ1) is 9.69. The van der Waals surface area contributed by atoms with Crippen molar-refractivity contribution in [2.24, 2.45) is 0 Å². The van der Waals surface area contributed by atoms with E-state index >= 15 is 0 Å². The van der Waals surface area contributed by atoms with Crippen LogP contribution >= 0.6 is 11.3 Å². The largest absolute Gasteiger partial charge is 0.486 e. The van der Waals surface area contributed by atoms with Gasteiger partial charge in [-0.2, -0.15) is 0 Å². The molecular weight excluding hydrogens is 278 g/mol. The van der Waals surface area contributed by atoms with Crippen LogP contribution in [-0.2, 0) is 29.2 Å². The van der Waals surface area contributed by atoms with Gasteiger partial charge >= 0.3 is 5.97 Å². The SMILES string of the molecule is COCc1nc(COc2ccccc2)sc1CC(=O)O. The second-order valence-corrected chi connectivity index (χ2v) is 5.25. The summed E-state index contributed by atoms with van der Waals surface area (Å²) in [6.45, 7) is 0.634. The van der Waals surface area contributed by atoms with Gasteiger partial charge in [0.15, 0.2) is 0 Å². The third-order valence-corrected chi connectivity index (χ3v) is 3.59. The van der Waals surface area contributed by atoms with Crippen molar-refractivity contribution in [1.82, 2.24) is 4.98 Å². The molecule has 0 bridgehead atoms. The highest BCUT2D eigenvalue weighted by Gasteiger charge is 2.14. The zero-order valence-electron chi connectivity index (χ0n) is 11.0. The molecule has 2 aromatic rings. The molecule has 1 aromatic carbocycles. The second kappa shape index (κ2) is 7.02. The minimum Gasteiger partial charge on any atom is -0.486 e. The summed E-state index contributed by atoms with van der Waals surface area (Å²) in [4.78, 5) is 15.9. The quantitative estimate of drug-likeness (QED) is 0.849. The van der Waals surface area contributed by atoms with Crippen molar-refractivity contribution in [3.05, 3.63) is 45.9 Å². The summed E-state index contributed by atoms with van der Waals surface area (Å²) < 4.78 is 10.6. The van der Waals surface area contributed by atoms with Gasteiger partial charge in [0.05, 0.1) is 18.7 Å². The summed E-state index contributed by atoms with van der Waals surface area (Å²) >= 11 is 1.35. The third-order valence-electron chi connectivity index (χ3n) is 2.52. The van der Waals surface area contributed by atoms with Crippen LogP contribution in [0.2, 0.25) is 0 Å². The number of ether oxygens (including phenoxy) is 2. The summed E-state index contributed by atoms with van der Waals surface area (Å²) in [6, 6.07) is 9.42. The van der Waals surface area contributed by atoms with E-state index in [1.165, 1.54) is 11.3 Å². The minimum atomic E-state index is -0.874. The first-order valence-corrected chi connectivity index (χ1v) is 6.86. The first kappa shape index (κ1) is 14.5. The van der Waals surface area contributed by atoms with Gasteiger partial charge in [-0.05, 0) is 12.1 Å². The summed E-state index contributed by atoms with van der Waals surface area (Å²) in [5.74, 6) is -0.114. The Labute approximate surface area is 120 Å². The standard InChI is InChI=1S/C14H15NO4S/c1-18-8-11-12(7-14(16)17)20-13(15-11)9-19-10-5-3-2-4-6-10/h2-6H,7-9H2,1H3,(H,16,17). The van der Waals surface area contributed by atoms with Crippen LogP contribution in [-0.4, -0.2) is 23.2 Å². The number of aliphatic carboxylic acids is 1. The van der Waals surface area contributed by atoms with Crippen LogP contribution in [0.4, 0.5) is 0 Å². The highest BCUT2D eigenvalue weighted by Crippen LogP contribution is 2.22. The fourth-order valence-corrected chi connectivity index (χ4v) is 2.66. The monoisotopic (exact) mass is 293 g/mol. The maximum absolute atomic E-state index is 10.8. The number of rotatable bonds is 7. The Morgan fingerprint density at radius 2 is 2.05 bits per heavy atom. The molecule has 0 saturated heterocycles. The zero-order chi connectivity index (χ0) is 14.4. The van der Waals surface area contributed by atoms with Crippen molar-refractivity contribution < 1.29 is 19.4 Å². The molecule has 0 aliphatic carbocycles. The topological polar surface area (TPSA) is 68.7 Å². The molecule has 0 radical (unpaired) electrons. The molecule has 0 fully saturated rings. The van der Waals surface area contributed by atoms with Gasteiger partial charge in [0.2, 0.25) is 0 Å². The van der Waals surface area contributed by atoms with Crippen molar-refractivity contribution in [2.75, 3.05) is 7.11 Å². The van der Waals surface area contributed by atoms with E-state index in [0.29, 0.717) is 23.8 Å². The predicted molar refractivity (Wildman–Crippen MR) is 74.9 cm³/mol. The number of nitrogens with zero attached hydrogens (tertiary/aromatic N) is 1. The number of hydrogen-bond donors (Lipinski definition) is 1. The van der Waals surface area contributed by atoms with Crippen molar-refractivity contribution in [2.45, 2.75) is 19.6 Å². The smallest absolute Gasteiger partial charge is 0.308 e. The number of benzene rings is 1. The Kier molecular flexibility index (Phi) is 5.09. The maximum atomic E-state index is 10.8. The summed E-state index contributed by atoms with van der Waals surface area (Å²) in [6.07, 6.45) is -0.0400. The van der Waals surface area contributed by atoms with Crippen LogP contribution in [0.25, 0.3) is 0 Å². The molecule has 2 rings (SSSR count). The zero-order valence-corrected chi connectivity index (χ0v) is 11.9. The van der Waals surface area contributed by atoms with Crippen LogP contribution in [0.5, 0.6) is 5.75 Å². The molecule has 0 aliphatic heterocycles. The summed E-state index contributed by atoms with van der Waals surface area (Å²) in [5, 5.41) is 9.63. The molecule has 6 heteroatoms. The van der Waals surface area contributed by atoms with E-state index in [1.54, 1.807) is 7.11 Å². The molecule has 1 N–H and O–H groups in total. The van der Waals surface area contributed by atoms with Crippen molar-refractivity contribution in [3.8, 4) is 5.75 Å². The lowest BCUT2D eigenvalue weighted by atomic mass is 10.3. The van der Waals surface area contributed by atoms with E-state index in [1.807, 2.05) is 30.3 Å². The number of methoxy groups -OCH3 is 1. The predicted octanol–water partition coefficient (Wildman–Crippen LogP) is 2.50. The van der Waals surface area contributed by atoms with Crippen molar-refractivity contribution >= 4 is 17.3 Å². The van der Waals surface area contributed by atoms with Gasteiger partial charge in [-0.1, -0.05) is 18.2 Å². The third kappa shape index (κ3) is 4.04. The summed E-state index contributed by atoms with van der Waals surface area (Å²) in [7, 11) is 1.56. The van der Waals surface area contributed by atoms with E-state index in [9.17, 15) is 4.79 Å². The van der Waals surface area contributed by atoms with E-state index in [-0.39, 0.29) is 6.42 Å². The number of thiazole rings is 1. The van der Waals surface area contributed by atoms with Crippen LogP contribution in [0, 0.1) is 0 Å². The lowest BCUT2D eigenvalue weighted by molar-refractivity contribution is -0.136. The number of para-hydroxylation sites is 1. The number of carboxylic acid groups (broad SMARTS) is 1. The van der Waals surface area contributed by atoms with E-state index in [2.05, 4.69) is 4.98 Å². The van der Waals surface area contributed by atoms with Crippen LogP contribution in [0.1, 0.15) is 15.6 Å². The molecule has 106 valence electrons. The van der Waals surface area contributed by atoms with Gasteiger partial charge in [0.25, 0.3) is 0 Å². The van der Waals surface area contributed by atoms with Crippen molar-refractivity contribution in [1.29, 1.82) is 0 Å². The molecule has 1 heterocycles. The molecule has 0 amide bonds. The number of aromatic nitrogens is 1. The van der Waals surface area contributed by atoms with Crippen LogP contribution in [0.3, 0.4) is 0 Å². The van der Waals surface area contributed by atoms with Crippen molar-refractivity contribution in [3.63, 3.8) is 0 Å². The minimum absolute atomic E-state index is 0.0400. The normalized spacial score (nSPS) is 10.4. The first-order valence-electron chi connectivity index (χ1n) is 6.05. The molecule has 0 saturated carbocycles. The molecule has 20 heavy (non-hydrogen) atoms. The highest BCUT2D eigenvalue weighted by molar-refractivity contribution is 7.11. The Morgan fingerprint density at radius 1 is 1.30 bits per heavy atom. The van der Waals surface area contributed by atoms with E-state index < -0.39 is 5.97 Å². The molecule has 0 unspecified atom stereocenters. The molecule has 5 nitrogen and oxygen atoms in total. The lowest BCUT2D eigenvalue weighted by Gasteiger charge is -2.02. The van der Waals surface area contributed by atoms with Gasteiger partial charge in [-0.25, -0.2) is 4.98 Å². The Morgan fingerprint density at radius 3 is 2.70 bits per heavy atom. The second-order valence-electron chi connectivity index (χ2n) is 4.08. The average molecular weight is 293 g/mol. The molecule has 0 spiro atoms. The van der Waals surface area contributed by atoms with Gasteiger partial charge < -0.3 is 14.6 Å². The molecule has 1 aromatic heterocycles. The highest BCUT2D eigenvalue weighted by atomic mass is 32.1. The van der Waals surface area contributed by atoms with E-state index in [4.69, 9.17) is 14.6 Å². The molecular formula is C14H15NO4S. The van der Waals surface area contributed by atoms with Gasteiger partial charge in [0.1, 0.15) is 17.4 Å². The molecule has 0 atom stereocenters. The van der Waals surface area contributed by atoms with Crippen LogP contribution in [0.15, 0.2) is 30.3 Å². The van der Waals surface area contributed by atoms with Crippen LogP contribution < -0.4 is 4.74 Å².